The largest absolute Gasteiger partial charge is 0.417 e. The number of Topliss-reactive ketones (excluding diaryl/α,β-unsaturated/α-hetero) is 1. The second-order valence-electron chi connectivity index (χ2n) is 8.59. The summed E-state index contributed by atoms with van der Waals surface area (Å²) in [6, 6.07) is 11.0. The Hall–Kier alpha value is -3.60. The maximum absolute atomic E-state index is 13.0. The van der Waals surface area contributed by atoms with Crippen molar-refractivity contribution in [3.05, 3.63) is 83.4 Å². The number of hydrogen-bond acceptors (Lipinski definition) is 6. The van der Waals surface area contributed by atoms with Gasteiger partial charge in [0.2, 0.25) is 5.91 Å². The molecule has 0 radical (unpaired) electrons. The van der Waals surface area contributed by atoms with Gasteiger partial charge < -0.3 is 5.32 Å². The monoisotopic (exact) mass is 519 g/mol. The number of amides is 1. The van der Waals surface area contributed by atoms with Gasteiger partial charge in [0, 0.05) is 6.20 Å². The number of benzene rings is 1. The van der Waals surface area contributed by atoms with Gasteiger partial charge in [-0.2, -0.15) is 13.2 Å². The fraction of sp³-hybridized carbons (Fsp3) is 0.280. The number of rotatable bonds is 8. The lowest BCUT2D eigenvalue weighted by atomic mass is 9.82. The highest BCUT2D eigenvalue weighted by atomic mass is 32.2. The third kappa shape index (κ3) is 6.14. The van der Waals surface area contributed by atoms with E-state index in [2.05, 4.69) is 15.3 Å². The molecule has 0 unspecified atom stereocenters. The van der Waals surface area contributed by atoms with Crippen molar-refractivity contribution < 1.29 is 31.2 Å². The molecule has 2 heterocycles. The summed E-state index contributed by atoms with van der Waals surface area (Å²) in [7, 11) is -3.32. The summed E-state index contributed by atoms with van der Waals surface area (Å²) in [4.78, 5) is 33.5. The molecule has 0 aliphatic rings. The number of carbonyl (C=O) groups is 2. The van der Waals surface area contributed by atoms with E-state index in [1.165, 1.54) is 36.5 Å². The van der Waals surface area contributed by atoms with Crippen LogP contribution in [0.5, 0.6) is 0 Å². The Kier molecular flexibility index (Phi) is 7.63. The lowest BCUT2D eigenvalue weighted by Crippen LogP contribution is -2.31. The highest BCUT2D eigenvalue weighted by Crippen LogP contribution is 2.31. The summed E-state index contributed by atoms with van der Waals surface area (Å²) < 4.78 is 62.2. The molecule has 0 fully saturated rings. The zero-order valence-electron chi connectivity index (χ0n) is 19.8. The lowest BCUT2D eigenvalue weighted by Gasteiger charge is -2.22. The zero-order valence-corrected chi connectivity index (χ0v) is 20.6. The molecule has 7 nitrogen and oxygen atoms in total. The highest BCUT2D eigenvalue weighted by molar-refractivity contribution is 7.91. The van der Waals surface area contributed by atoms with E-state index in [-0.39, 0.29) is 34.4 Å². The van der Waals surface area contributed by atoms with Crippen LogP contribution >= 0.6 is 0 Å². The van der Waals surface area contributed by atoms with Crippen molar-refractivity contribution in [1.29, 1.82) is 0 Å². The Morgan fingerprint density at radius 3 is 2.08 bits per heavy atom. The predicted octanol–water partition coefficient (Wildman–Crippen LogP) is 4.63. The van der Waals surface area contributed by atoms with Crippen LogP contribution in [0.4, 0.5) is 18.9 Å². The Bertz CT molecular complexity index is 1350. The van der Waals surface area contributed by atoms with Crippen LogP contribution in [0.2, 0.25) is 0 Å². The van der Waals surface area contributed by atoms with Crippen molar-refractivity contribution in [3.8, 4) is 0 Å². The molecule has 1 amide bonds. The second kappa shape index (κ2) is 10.2. The smallest absolute Gasteiger partial charge is 0.324 e. The van der Waals surface area contributed by atoms with Crippen molar-refractivity contribution >= 4 is 27.2 Å². The number of hydrogen-bond donors (Lipinski definition) is 1. The van der Waals surface area contributed by atoms with Crippen molar-refractivity contribution in [1.82, 2.24) is 9.97 Å². The molecule has 0 aliphatic carbocycles. The van der Waals surface area contributed by atoms with Crippen LogP contribution in [0.1, 0.15) is 48.1 Å². The molecule has 1 N–H and O–H groups in total. The van der Waals surface area contributed by atoms with Gasteiger partial charge in [0.25, 0.3) is 0 Å². The van der Waals surface area contributed by atoms with Crippen molar-refractivity contribution in [2.75, 3.05) is 11.1 Å². The maximum atomic E-state index is 13.0. The molecule has 3 aromatic rings. The first-order valence-corrected chi connectivity index (χ1v) is 12.6. The normalized spacial score (nSPS) is 12.3. The van der Waals surface area contributed by atoms with Crippen LogP contribution in [-0.2, 0) is 32.6 Å². The van der Waals surface area contributed by atoms with E-state index in [9.17, 15) is 31.2 Å². The molecular weight excluding hydrogens is 495 g/mol. The molecule has 0 saturated carbocycles. The second-order valence-corrected chi connectivity index (χ2v) is 10.9. The molecule has 36 heavy (non-hydrogen) atoms. The molecule has 2 aromatic heterocycles. The van der Waals surface area contributed by atoms with Gasteiger partial charge in [0.1, 0.15) is 5.69 Å². The molecule has 190 valence electrons. The number of carbonyl (C=O) groups excluding carboxylic acids is 2. The summed E-state index contributed by atoms with van der Waals surface area (Å²) in [6.07, 6.45) is -2.54. The van der Waals surface area contributed by atoms with E-state index in [0.717, 1.165) is 6.07 Å². The van der Waals surface area contributed by atoms with Crippen LogP contribution in [0.25, 0.3) is 0 Å². The van der Waals surface area contributed by atoms with Gasteiger partial charge in [-0.1, -0.05) is 19.1 Å². The van der Waals surface area contributed by atoms with Crippen LogP contribution < -0.4 is 5.32 Å². The van der Waals surface area contributed by atoms with Crippen LogP contribution in [-0.4, -0.2) is 35.8 Å². The van der Waals surface area contributed by atoms with Gasteiger partial charge in [0.05, 0.1) is 45.6 Å². The number of pyridine rings is 2. The van der Waals surface area contributed by atoms with E-state index in [1.54, 1.807) is 32.9 Å². The predicted molar refractivity (Wildman–Crippen MR) is 127 cm³/mol. The molecule has 1 aromatic carbocycles. The first-order valence-electron chi connectivity index (χ1n) is 10.9. The van der Waals surface area contributed by atoms with Crippen molar-refractivity contribution in [2.45, 2.75) is 43.7 Å². The summed E-state index contributed by atoms with van der Waals surface area (Å²) in [5.74, 6) is -0.831. The Morgan fingerprint density at radius 2 is 1.58 bits per heavy atom. The minimum Gasteiger partial charge on any atom is -0.324 e. The maximum Gasteiger partial charge on any atom is 0.417 e. The average Bonchev–Trinajstić information content (AvgIpc) is 2.84. The molecule has 0 atom stereocenters. The van der Waals surface area contributed by atoms with E-state index in [0.29, 0.717) is 17.4 Å². The SMILES string of the molecule is CCS(=O)(=O)c1ccc(CC(=O)Nc2ccc(C(=O)C(C)(C)c3ccc(C(F)(F)F)cn3)nc2)cc1. The van der Waals surface area contributed by atoms with E-state index < -0.39 is 32.8 Å². The topological polar surface area (TPSA) is 106 Å². The van der Waals surface area contributed by atoms with Gasteiger partial charge in [0.15, 0.2) is 15.6 Å². The third-order valence-corrected chi connectivity index (χ3v) is 7.36. The highest BCUT2D eigenvalue weighted by Gasteiger charge is 2.35. The third-order valence-electron chi connectivity index (χ3n) is 5.61. The molecular formula is C25H24F3N3O4S. The van der Waals surface area contributed by atoms with E-state index >= 15 is 0 Å². The Morgan fingerprint density at radius 1 is 0.917 bits per heavy atom. The Balaban J connectivity index is 1.65. The number of sulfone groups is 1. The van der Waals surface area contributed by atoms with Crippen LogP contribution in [0.3, 0.4) is 0 Å². The summed E-state index contributed by atoms with van der Waals surface area (Å²) in [6.45, 7) is 4.63. The van der Waals surface area contributed by atoms with Gasteiger partial charge in [-0.3, -0.25) is 19.6 Å². The van der Waals surface area contributed by atoms with Gasteiger partial charge in [-0.25, -0.2) is 8.42 Å². The minimum absolute atomic E-state index is 0.000242. The number of halogens is 3. The number of alkyl halides is 3. The van der Waals surface area contributed by atoms with E-state index in [4.69, 9.17) is 0 Å². The summed E-state index contributed by atoms with van der Waals surface area (Å²) in [5.41, 5.74) is -0.959. The Labute approximate surface area is 206 Å². The van der Waals surface area contributed by atoms with Gasteiger partial charge in [-0.05, 0) is 55.8 Å². The molecule has 3 rings (SSSR count). The average molecular weight is 520 g/mol. The lowest BCUT2D eigenvalue weighted by molar-refractivity contribution is -0.137. The molecule has 0 aliphatic heterocycles. The first-order chi connectivity index (χ1) is 16.7. The first kappa shape index (κ1) is 27.0. The van der Waals surface area contributed by atoms with Gasteiger partial charge >= 0.3 is 6.18 Å². The molecule has 11 heteroatoms. The van der Waals surface area contributed by atoms with Crippen LogP contribution in [0, 0.1) is 0 Å². The zero-order chi connectivity index (χ0) is 26.7. The van der Waals surface area contributed by atoms with Gasteiger partial charge in [-0.15, -0.1) is 0 Å². The summed E-state index contributed by atoms with van der Waals surface area (Å²) in [5, 5.41) is 2.65. The van der Waals surface area contributed by atoms with Crippen LogP contribution in [0.15, 0.2) is 65.8 Å². The van der Waals surface area contributed by atoms with Crippen molar-refractivity contribution in [2.24, 2.45) is 0 Å². The molecule has 0 saturated heterocycles. The van der Waals surface area contributed by atoms with E-state index in [1.807, 2.05) is 0 Å². The number of anilines is 1. The fourth-order valence-corrected chi connectivity index (χ4v) is 4.23. The number of nitrogens with one attached hydrogen (secondary N) is 1. The quantitative estimate of drug-likeness (QED) is 0.435. The number of nitrogens with zero attached hydrogens (tertiary/aromatic N) is 2. The molecule has 0 spiro atoms. The minimum atomic E-state index is -4.53. The van der Waals surface area contributed by atoms with Crippen molar-refractivity contribution in [3.63, 3.8) is 0 Å². The number of aromatic nitrogens is 2. The number of ketones is 1. The standard InChI is InChI=1S/C25H24F3N3O4S/c1-4-36(34,35)19-9-5-16(6-10-19)13-22(32)31-18-8-11-20(29-15-18)23(33)24(2,3)21-12-7-17(14-30-21)25(26,27)28/h5-12,14-15H,4,13H2,1-3H3,(H,31,32). The molecule has 0 bridgehead atoms. The fourth-order valence-electron chi connectivity index (χ4n) is 3.34. The summed E-state index contributed by atoms with van der Waals surface area (Å²) >= 11 is 0.